The van der Waals surface area contributed by atoms with Crippen LogP contribution in [0.3, 0.4) is 0 Å². The lowest BCUT2D eigenvalue weighted by Crippen LogP contribution is -2.30. The Labute approximate surface area is 84.3 Å². The molecule has 0 aliphatic heterocycles. The van der Waals surface area contributed by atoms with Crippen LogP contribution in [0.15, 0.2) is 0 Å². The Morgan fingerprint density at radius 3 is 2.08 bits per heavy atom. The molecular formula is C12H27N. The van der Waals surface area contributed by atoms with Gasteiger partial charge in [-0.25, -0.2) is 0 Å². The van der Waals surface area contributed by atoms with E-state index in [1.165, 1.54) is 12.8 Å². The van der Waals surface area contributed by atoms with Crippen LogP contribution in [-0.2, 0) is 0 Å². The average Bonchev–Trinajstić information content (AvgIpc) is 2.01. The smallest absolute Gasteiger partial charge is 0.00103 e. The van der Waals surface area contributed by atoms with Gasteiger partial charge in [-0.1, -0.05) is 48.0 Å². The summed E-state index contributed by atoms with van der Waals surface area (Å²) in [4.78, 5) is 0. The second-order valence-corrected chi connectivity index (χ2v) is 5.16. The van der Waals surface area contributed by atoms with Gasteiger partial charge in [0.15, 0.2) is 0 Å². The normalized spacial score (nSPS) is 15.0. The van der Waals surface area contributed by atoms with Gasteiger partial charge in [-0.05, 0) is 24.3 Å². The van der Waals surface area contributed by atoms with E-state index in [-0.39, 0.29) is 0 Å². The monoisotopic (exact) mass is 185 g/mol. The molecule has 0 aromatic rings. The summed E-state index contributed by atoms with van der Waals surface area (Å²) in [5, 5.41) is 3.48. The van der Waals surface area contributed by atoms with E-state index in [9.17, 15) is 0 Å². The van der Waals surface area contributed by atoms with Gasteiger partial charge in [0.25, 0.3) is 0 Å². The van der Waals surface area contributed by atoms with Crippen LogP contribution < -0.4 is 5.32 Å². The van der Waals surface area contributed by atoms with Crippen molar-refractivity contribution in [3.63, 3.8) is 0 Å². The second-order valence-electron chi connectivity index (χ2n) is 5.16. The first-order valence-corrected chi connectivity index (χ1v) is 5.63. The van der Waals surface area contributed by atoms with Gasteiger partial charge in [-0.3, -0.25) is 0 Å². The molecule has 1 N–H and O–H groups in total. The highest BCUT2D eigenvalue weighted by Crippen LogP contribution is 2.31. The Balaban J connectivity index is 3.75. The van der Waals surface area contributed by atoms with E-state index in [4.69, 9.17) is 0 Å². The molecule has 80 valence electrons. The third kappa shape index (κ3) is 5.30. The van der Waals surface area contributed by atoms with Crippen molar-refractivity contribution in [3.8, 4) is 0 Å². The first kappa shape index (κ1) is 13.0. The van der Waals surface area contributed by atoms with Crippen molar-refractivity contribution in [3.05, 3.63) is 0 Å². The quantitative estimate of drug-likeness (QED) is 0.668. The van der Waals surface area contributed by atoms with Crippen LogP contribution in [0.25, 0.3) is 0 Å². The number of hydrogen-bond acceptors (Lipinski definition) is 1. The lowest BCUT2D eigenvalue weighted by molar-refractivity contribution is 0.203. The molecule has 0 bridgehead atoms. The maximum Gasteiger partial charge on any atom is 0.00103 e. The Morgan fingerprint density at radius 2 is 1.69 bits per heavy atom. The minimum Gasteiger partial charge on any atom is -0.315 e. The van der Waals surface area contributed by atoms with E-state index in [0.29, 0.717) is 11.5 Å². The van der Waals surface area contributed by atoms with Crippen molar-refractivity contribution in [2.45, 2.75) is 60.4 Å². The zero-order valence-corrected chi connectivity index (χ0v) is 10.3. The first-order chi connectivity index (χ1) is 5.90. The van der Waals surface area contributed by atoms with Crippen molar-refractivity contribution >= 4 is 0 Å². The lowest BCUT2D eigenvalue weighted by Gasteiger charge is -2.31. The lowest BCUT2D eigenvalue weighted by atomic mass is 9.76. The average molecular weight is 185 g/mol. The molecule has 0 radical (unpaired) electrons. The van der Waals surface area contributed by atoms with Gasteiger partial charge in [0.05, 0.1) is 0 Å². The molecule has 1 atom stereocenters. The van der Waals surface area contributed by atoms with Crippen LogP contribution in [0.5, 0.6) is 0 Å². The molecule has 1 nitrogen and oxygen atoms in total. The Morgan fingerprint density at radius 1 is 1.15 bits per heavy atom. The molecule has 0 aromatic heterocycles. The second kappa shape index (κ2) is 5.64. The van der Waals surface area contributed by atoms with Crippen LogP contribution in [0, 0.1) is 11.3 Å². The minimum absolute atomic E-state index is 0.483. The Kier molecular flexibility index (Phi) is 5.62. The van der Waals surface area contributed by atoms with Gasteiger partial charge < -0.3 is 5.32 Å². The molecule has 0 aromatic carbocycles. The van der Waals surface area contributed by atoms with Crippen molar-refractivity contribution < 1.29 is 0 Å². The van der Waals surface area contributed by atoms with Gasteiger partial charge in [-0.2, -0.15) is 0 Å². The molecule has 0 fully saturated rings. The summed E-state index contributed by atoms with van der Waals surface area (Å²) in [5.41, 5.74) is 0.483. The Hall–Kier alpha value is -0.0400. The number of nitrogens with one attached hydrogen (secondary N) is 1. The molecule has 0 aliphatic rings. The molecule has 0 saturated heterocycles. The summed E-state index contributed by atoms with van der Waals surface area (Å²) in [6.45, 7) is 14.9. The fourth-order valence-electron chi connectivity index (χ4n) is 1.48. The maximum atomic E-state index is 3.48. The van der Waals surface area contributed by atoms with E-state index >= 15 is 0 Å². The molecule has 0 spiro atoms. The van der Waals surface area contributed by atoms with E-state index in [0.717, 1.165) is 12.5 Å². The predicted octanol–water partition coefficient (Wildman–Crippen LogP) is 3.45. The summed E-state index contributed by atoms with van der Waals surface area (Å²) in [7, 11) is 0. The summed E-state index contributed by atoms with van der Waals surface area (Å²) in [5.74, 6) is 0.821. The summed E-state index contributed by atoms with van der Waals surface area (Å²) in [6.07, 6.45) is 2.56. The third-order valence-electron chi connectivity index (χ3n) is 3.27. The topological polar surface area (TPSA) is 12.0 Å². The fraction of sp³-hybridized carbons (Fsp3) is 1.00. The van der Waals surface area contributed by atoms with Crippen LogP contribution in [0.2, 0.25) is 0 Å². The summed E-state index contributed by atoms with van der Waals surface area (Å²) in [6, 6.07) is 0.618. The SMILES string of the molecule is CCC(C)C(C)(C)CCNC(C)C. The maximum absolute atomic E-state index is 3.48. The van der Waals surface area contributed by atoms with Crippen LogP contribution in [0.1, 0.15) is 54.4 Å². The highest BCUT2D eigenvalue weighted by Gasteiger charge is 2.23. The molecule has 0 aliphatic carbocycles. The Bertz CT molecular complexity index is 127. The summed E-state index contributed by atoms with van der Waals surface area (Å²) < 4.78 is 0. The van der Waals surface area contributed by atoms with Crippen molar-refractivity contribution in [1.82, 2.24) is 5.32 Å². The van der Waals surface area contributed by atoms with Crippen LogP contribution in [-0.4, -0.2) is 12.6 Å². The fourth-order valence-corrected chi connectivity index (χ4v) is 1.48. The molecular weight excluding hydrogens is 158 g/mol. The van der Waals surface area contributed by atoms with Gasteiger partial charge in [-0.15, -0.1) is 0 Å². The van der Waals surface area contributed by atoms with Crippen molar-refractivity contribution in [2.75, 3.05) is 6.54 Å². The largest absolute Gasteiger partial charge is 0.315 e. The predicted molar refractivity (Wildman–Crippen MR) is 61.0 cm³/mol. The van der Waals surface area contributed by atoms with Gasteiger partial charge in [0.2, 0.25) is 0 Å². The highest BCUT2D eigenvalue weighted by molar-refractivity contribution is 4.75. The number of hydrogen-bond donors (Lipinski definition) is 1. The molecule has 0 rings (SSSR count). The molecule has 13 heavy (non-hydrogen) atoms. The molecule has 0 heterocycles. The van der Waals surface area contributed by atoms with E-state index in [1.807, 2.05) is 0 Å². The third-order valence-corrected chi connectivity index (χ3v) is 3.27. The highest BCUT2D eigenvalue weighted by atomic mass is 14.9. The minimum atomic E-state index is 0.483. The molecule has 0 amide bonds. The first-order valence-electron chi connectivity index (χ1n) is 5.63. The van der Waals surface area contributed by atoms with Crippen LogP contribution >= 0.6 is 0 Å². The van der Waals surface area contributed by atoms with E-state index in [2.05, 4.69) is 46.9 Å². The number of rotatable bonds is 6. The molecule has 1 unspecified atom stereocenters. The van der Waals surface area contributed by atoms with Crippen LogP contribution in [0.4, 0.5) is 0 Å². The zero-order valence-electron chi connectivity index (χ0n) is 10.3. The van der Waals surface area contributed by atoms with E-state index in [1.54, 1.807) is 0 Å². The standard InChI is InChI=1S/C12H27N/c1-7-11(4)12(5,6)8-9-13-10(2)3/h10-11,13H,7-9H2,1-6H3. The van der Waals surface area contributed by atoms with E-state index < -0.39 is 0 Å². The van der Waals surface area contributed by atoms with Crippen molar-refractivity contribution in [1.29, 1.82) is 0 Å². The molecule has 1 heteroatoms. The summed E-state index contributed by atoms with van der Waals surface area (Å²) >= 11 is 0. The van der Waals surface area contributed by atoms with Gasteiger partial charge >= 0.3 is 0 Å². The molecule has 0 saturated carbocycles. The zero-order chi connectivity index (χ0) is 10.5. The van der Waals surface area contributed by atoms with Gasteiger partial charge in [0.1, 0.15) is 0 Å². The van der Waals surface area contributed by atoms with Crippen molar-refractivity contribution in [2.24, 2.45) is 11.3 Å². The van der Waals surface area contributed by atoms with Gasteiger partial charge in [0, 0.05) is 6.04 Å².